The average Bonchev–Trinajstić information content (AvgIpc) is 3.83. The Morgan fingerprint density at radius 3 is 2.00 bits per heavy atom. The average molecular weight is 697 g/mol. The Hall–Kier alpha value is -6.43. The topological polar surface area (TPSA) is 43.6 Å². The van der Waals surface area contributed by atoms with Crippen LogP contribution in [0.25, 0.3) is 93.0 Å². The molecule has 4 nitrogen and oxygen atoms in total. The Labute approximate surface area is 310 Å². The largest absolute Gasteiger partial charge is 0.309 e. The second-order valence-corrected chi connectivity index (χ2v) is 15.5. The molecule has 0 radical (unpaired) electrons. The molecule has 0 amide bonds. The van der Waals surface area contributed by atoms with Crippen LogP contribution in [0.1, 0.15) is 25.0 Å². The normalized spacial score (nSPS) is 13.2. The van der Waals surface area contributed by atoms with Gasteiger partial charge in [-0.25, -0.2) is 15.0 Å². The van der Waals surface area contributed by atoms with Gasteiger partial charge >= 0.3 is 0 Å². The van der Waals surface area contributed by atoms with Crippen molar-refractivity contribution in [2.24, 2.45) is 0 Å². The molecule has 0 fully saturated rings. The highest BCUT2D eigenvalue weighted by molar-refractivity contribution is 7.26. The van der Waals surface area contributed by atoms with Crippen molar-refractivity contribution in [3.05, 3.63) is 169 Å². The van der Waals surface area contributed by atoms with Crippen LogP contribution >= 0.6 is 11.3 Å². The molecule has 53 heavy (non-hydrogen) atoms. The summed E-state index contributed by atoms with van der Waals surface area (Å²) < 4.78 is 4.85. The van der Waals surface area contributed by atoms with E-state index in [-0.39, 0.29) is 5.41 Å². The lowest BCUT2D eigenvalue weighted by Crippen LogP contribution is -2.15. The van der Waals surface area contributed by atoms with Gasteiger partial charge in [-0.15, -0.1) is 11.3 Å². The minimum absolute atomic E-state index is 0.0990. The monoisotopic (exact) mass is 696 g/mol. The zero-order valence-electron chi connectivity index (χ0n) is 29.2. The van der Waals surface area contributed by atoms with E-state index in [0.29, 0.717) is 17.5 Å². The summed E-state index contributed by atoms with van der Waals surface area (Å²) in [6.07, 6.45) is 0. The second kappa shape index (κ2) is 11.3. The number of rotatable bonds is 4. The van der Waals surface area contributed by atoms with Crippen LogP contribution in [0.2, 0.25) is 0 Å². The van der Waals surface area contributed by atoms with Crippen molar-refractivity contribution in [1.82, 2.24) is 19.5 Å². The highest BCUT2D eigenvalue weighted by atomic mass is 32.1. The van der Waals surface area contributed by atoms with Crippen LogP contribution in [0.3, 0.4) is 0 Å². The summed E-state index contributed by atoms with van der Waals surface area (Å²) in [5.74, 6) is 1.98. The summed E-state index contributed by atoms with van der Waals surface area (Å²) in [5, 5.41) is 4.89. The zero-order valence-corrected chi connectivity index (χ0v) is 30.0. The van der Waals surface area contributed by atoms with Crippen molar-refractivity contribution in [3.8, 4) is 51.0 Å². The predicted molar refractivity (Wildman–Crippen MR) is 221 cm³/mol. The maximum absolute atomic E-state index is 5.25. The number of thiophene rings is 1. The summed E-state index contributed by atoms with van der Waals surface area (Å²) in [5.41, 5.74) is 11.6. The first-order valence-corrected chi connectivity index (χ1v) is 18.9. The second-order valence-electron chi connectivity index (χ2n) is 14.4. The molecule has 7 aromatic carbocycles. The standard InChI is InChI=1S/C48H32N4S/c1-48(2)39-20-9-6-15-32(39)33-26-24-31(28-40(33)48)52-41-21-10-7-16-34(41)35-25-23-30(27-42(35)52)46-49-45(29-13-4-3-5-14-29)50-47(51-46)38-19-12-18-37-36-17-8-11-22-43(36)53-44(37)38/h3-28H,1-2H3. The first kappa shape index (κ1) is 30.2. The van der Waals surface area contributed by atoms with Crippen LogP contribution in [-0.4, -0.2) is 19.5 Å². The van der Waals surface area contributed by atoms with Crippen molar-refractivity contribution in [2.45, 2.75) is 19.3 Å². The van der Waals surface area contributed by atoms with Gasteiger partial charge in [0.25, 0.3) is 0 Å². The number of benzene rings is 7. The van der Waals surface area contributed by atoms with Crippen molar-refractivity contribution in [3.63, 3.8) is 0 Å². The van der Waals surface area contributed by atoms with Gasteiger partial charge in [0.15, 0.2) is 17.5 Å². The Bertz CT molecular complexity index is 3100. The lowest BCUT2D eigenvalue weighted by molar-refractivity contribution is 0.660. The summed E-state index contributed by atoms with van der Waals surface area (Å²) in [4.78, 5) is 15.5. The van der Waals surface area contributed by atoms with Crippen molar-refractivity contribution < 1.29 is 0 Å². The fourth-order valence-corrected chi connectivity index (χ4v) is 9.70. The number of fused-ring (bicyclic) bond motifs is 9. The molecule has 3 aromatic heterocycles. The van der Waals surface area contributed by atoms with E-state index in [1.54, 1.807) is 11.3 Å². The van der Waals surface area contributed by atoms with Gasteiger partial charge in [-0.05, 0) is 58.7 Å². The van der Waals surface area contributed by atoms with Crippen LogP contribution in [0, 0.1) is 0 Å². The van der Waals surface area contributed by atoms with E-state index >= 15 is 0 Å². The molecule has 1 aliphatic carbocycles. The van der Waals surface area contributed by atoms with Crippen LogP contribution < -0.4 is 0 Å². The zero-order chi connectivity index (χ0) is 35.3. The fourth-order valence-electron chi connectivity index (χ4n) is 8.48. The van der Waals surface area contributed by atoms with Crippen molar-refractivity contribution in [1.29, 1.82) is 0 Å². The fraction of sp³-hybridized carbons (Fsp3) is 0.0625. The quantitative estimate of drug-likeness (QED) is 0.184. The van der Waals surface area contributed by atoms with E-state index in [1.165, 1.54) is 58.7 Å². The number of hydrogen-bond donors (Lipinski definition) is 0. The number of hydrogen-bond acceptors (Lipinski definition) is 4. The van der Waals surface area contributed by atoms with Gasteiger partial charge in [-0.1, -0.05) is 135 Å². The summed E-state index contributed by atoms with van der Waals surface area (Å²) in [6, 6.07) is 56.4. The number of nitrogens with zero attached hydrogens (tertiary/aromatic N) is 4. The van der Waals surface area contributed by atoms with Gasteiger partial charge in [-0.3, -0.25) is 0 Å². The molecule has 0 saturated heterocycles. The van der Waals surface area contributed by atoms with Gasteiger partial charge in [0, 0.05) is 58.7 Å². The third kappa shape index (κ3) is 4.51. The van der Waals surface area contributed by atoms with E-state index in [2.05, 4.69) is 158 Å². The molecule has 11 rings (SSSR count). The van der Waals surface area contributed by atoms with Gasteiger partial charge in [0.1, 0.15) is 0 Å². The lowest BCUT2D eigenvalue weighted by Gasteiger charge is -2.22. The maximum Gasteiger partial charge on any atom is 0.165 e. The Morgan fingerprint density at radius 1 is 0.453 bits per heavy atom. The van der Waals surface area contributed by atoms with E-state index in [0.717, 1.165) is 27.9 Å². The van der Waals surface area contributed by atoms with Gasteiger partial charge < -0.3 is 4.57 Å². The summed E-state index contributed by atoms with van der Waals surface area (Å²) in [7, 11) is 0. The van der Waals surface area contributed by atoms with Crippen LogP contribution in [-0.2, 0) is 5.41 Å². The third-order valence-corrected chi connectivity index (χ3v) is 12.3. The first-order chi connectivity index (χ1) is 26.0. The molecule has 5 heteroatoms. The van der Waals surface area contributed by atoms with Gasteiger partial charge in [0.2, 0.25) is 0 Å². The third-order valence-electron chi connectivity index (χ3n) is 11.1. The molecule has 0 spiro atoms. The highest BCUT2D eigenvalue weighted by Gasteiger charge is 2.35. The molecule has 10 aromatic rings. The van der Waals surface area contributed by atoms with E-state index < -0.39 is 0 Å². The molecule has 0 saturated carbocycles. The SMILES string of the molecule is CC1(C)c2ccccc2-c2ccc(-n3c4ccccc4c4ccc(-c5nc(-c6ccccc6)nc(-c6cccc7c6sc6ccccc67)n5)cc43)cc21. The molecule has 0 N–H and O–H groups in total. The molecule has 250 valence electrons. The molecule has 0 bridgehead atoms. The van der Waals surface area contributed by atoms with Gasteiger partial charge in [0.05, 0.1) is 11.0 Å². The van der Waals surface area contributed by atoms with E-state index in [4.69, 9.17) is 15.0 Å². The Balaban J connectivity index is 1.14. The molecular formula is C48H32N4S. The van der Waals surface area contributed by atoms with Crippen molar-refractivity contribution >= 4 is 53.3 Å². The van der Waals surface area contributed by atoms with Crippen LogP contribution in [0.15, 0.2) is 158 Å². The van der Waals surface area contributed by atoms with E-state index in [1.807, 2.05) is 18.2 Å². The van der Waals surface area contributed by atoms with Crippen LogP contribution in [0.4, 0.5) is 0 Å². The maximum atomic E-state index is 5.25. The van der Waals surface area contributed by atoms with E-state index in [9.17, 15) is 0 Å². The summed E-state index contributed by atoms with van der Waals surface area (Å²) >= 11 is 1.79. The molecule has 0 unspecified atom stereocenters. The predicted octanol–water partition coefficient (Wildman–Crippen LogP) is 12.6. The first-order valence-electron chi connectivity index (χ1n) is 18.0. The molecule has 0 aliphatic heterocycles. The minimum atomic E-state index is -0.0990. The van der Waals surface area contributed by atoms with Crippen molar-refractivity contribution in [2.75, 3.05) is 0 Å². The van der Waals surface area contributed by atoms with Gasteiger partial charge in [-0.2, -0.15) is 0 Å². The molecular weight excluding hydrogens is 665 g/mol. The summed E-state index contributed by atoms with van der Waals surface area (Å²) in [6.45, 7) is 4.68. The smallest absolute Gasteiger partial charge is 0.165 e. The van der Waals surface area contributed by atoms with Crippen LogP contribution in [0.5, 0.6) is 0 Å². The Kier molecular flexibility index (Phi) is 6.43. The lowest BCUT2D eigenvalue weighted by atomic mass is 9.82. The minimum Gasteiger partial charge on any atom is -0.309 e. The molecule has 0 atom stereocenters. The number of para-hydroxylation sites is 1. The highest BCUT2D eigenvalue weighted by Crippen LogP contribution is 2.49. The Morgan fingerprint density at radius 2 is 1.11 bits per heavy atom. The molecule has 1 aliphatic rings. The number of aromatic nitrogens is 4. The molecule has 3 heterocycles.